The lowest BCUT2D eigenvalue weighted by Gasteiger charge is -2.25. The third-order valence-electron chi connectivity index (χ3n) is 5.02. The van der Waals surface area contributed by atoms with Crippen LogP contribution < -0.4 is 5.56 Å². The first-order valence-corrected chi connectivity index (χ1v) is 10.0. The van der Waals surface area contributed by atoms with Crippen molar-refractivity contribution < 1.29 is 9.18 Å². The second kappa shape index (κ2) is 9.63. The van der Waals surface area contributed by atoms with Gasteiger partial charge in [-0.1, -0.05) is 30.3 Å². The van der Waals surface area contributed by atoms with E-state index in [1.165, 1.54) is 16.8 Å². The molecule has 0 aliphatic heterocycles. The molecule has 2 aromatic carbocycles. The van der Waals surface area contributed by atoms with Gasteiger partial charge in [-0.3, -0.25) is 9.59 Å². The number of hydrogen-bond donors (Lipinski definition) is 0. The molecule has 7 heteroatoms. The number of aromatic nitrogens is 2. The number of likely N-dealkylation sites (N-methyl/N-ethyl adjacent to an activating group) is 1. The highest BCUT2D eigenvalue weighted by molar-refractivity contribution is 5.88. The number of carbonyl (C=O) groups is 1. The van der Waals surface area contributed by atoms with E-state index in [2.05, 4.69) is 5.10 Å². The van der Waals surface area contributed by atoms with Gasteiger partial charge in [0.1, 0.15) is 5.82 Å². The number of aryl methyl sites for hydroxylation is 1. The van der Waals surface area contributed by atoms with Crippen molar-refractivity contribution in [3.63, 3.8) is 0 Å². The molecule has 158 valence electrons. The summed E-state index contributed by atoms with van der Waals surface area (Å²) in [6.07, 6.45) is 0.0927. The summed E-state index contributed by atoms with van der Waals surface area (Å²) in [7, 11) is 3.90. The second-order valence-corrected chi connectivity index (χ2v) is 7.54. The summed E-state index contributed by atoms with van der Waals surface area (Å²) in [6.45, 7) is 3.92. The zero-order valence-electron chi connectivity index (χ0n) is 17.6. The first-order chi connectivity index (χ1) is 14.4. The van der Waals surface area contributed by atoms with Gasteiger partial charge in [-0.25, -0.2) is 9.07 Å². The number of benzene rings is 2. The highest BCUT2D eigenvalue weighted by Crippen LogP contribution is 2.16. The Bertz CT molecular complexity index is 1080. The average Bonchev–Trinajstić information content (AvgIpc) is 2.74. The van der Waals surface area contributed by atoms with Crippen molar-refractivity contribution in [2.24, 2.45) is 0 Å². The number of halogens is 1. The summed E-state index contributed by atoms with van der Waals surface area (Å²) in [4.78, 5) is 29.5. The van der Waals surface area contributed by atoms with Crippen LogP contribution in [0, 0.1) is 5.82 Å². The molecule has 0 aliphatic carbocycles. The maximum absolute atomic E-state index is 13.3. The van der Waals surface area contributed by atoms with Crippen LogP contribution in [0.15, 0.2) is 53.3 Å². The Kier molecular flexibility index (Phi) is 6.95. The fourth-order valence-electron chi connectivity index (χ4n) is 3.33. The summed E-state index contributed by atoms with van der Waals surface area (Å²) >= 11 is 0. The SMILES string of the molecule is CCn1nc(CC(=O)N(CCN(C)C)Cc2ccc(F)cc2)c2ccccc2c1=O. The smallest absolute Gasteiger partial charge is 0.274 e. The average molecular weight is 410 g/mol. The molecule has 1 amide bonds. The lowest BCUT2D eigenvalue weighted by atomic mass is 10.1. The topological polar surface area (TPSA) is 58.4 Å². The Morgan fingerprint density at radius 1 is 1.03 bits per heavy atom. The van der Waals surface area contributed by atoms with Gasteiger partial charge in [-0.05, 0) is 44.8 Å². The molecular weight excluding hydrogens is 383 g/mol. The van der Waals surface area contributed by atoms with Gasteiger partial charge >= 0.3 is 0 Å². The Morgan fingerprint density at radius 3 is 2.33 bits per heavy atom. The summed E-state index contributed by atoms with van der Waals surface area (Å²) in [5.41, 5.74) is 1.30. The normalized spacial score (nSPS) is 11.2. The number of carbonyl (C=O) groups excluding carboxylic acids is 1. The van der Waals surface area contributed by atoms with Crippen LogP contribution in [-0.4, -0.2) is 52.7 Å². The van der Waals surface area contributed by atoms with Crippen LogP contribution >= 0.6 is 0 Å². The molecule has 0 saturated heterocycles. The Morgan fingerprint density at radius 2 is 1.70 bits per heavy atom. The van der Waals surface area contributed by atoms with E-state index >= 15 is 0 Å². The van der Waals surface area contributed by atoms with Gasteiger partial charge in [0.2, 0.25) is 5.91 Å². The molecule has 0 unspecified atom stereocenters. The molecule has 0 saturated carbocycles. The van der Waals surface area contributed by atoms with Crippen molar-refractivity contribution in [2.45, 2.75) is 26.4 Å². The van der Waals surface area contributed by atoms with E-state index in [9.17, 15) is 14.0 Å². The molecule has 0 atom stereocenters. The summed E-state index contributed by atoms with van der Waals surface area (Å²) in [6, 6.07) is 13.4. The monoisotopic (exact) mass is 410 g/mol. The van der Waals surface area contributed by atoms with E-state index < -0.39 is 0 Å². The zero-order valence-corrected chi connectivity index (χ0v) is 17.6. The van der Waals surface area contributed by atoms with E-state index in [1.54, 1.807) is 23.1 Å². The predicted molar refractivity (Wildman–Crippen MR) is 116 cm³/mol. The predicted octanol–water partition coefficient (Wildman–Crippen LogP) is 2.69. The highest BCUT2D eigenvalue weighted by Gasteiger charge is 2.19. The summed E-state index contributed by atoms with van der Waals surface area (Å²) in [5, 5.41) is 5.72. The Labute approximate surface area is 175 Å². The summed E-state index contributed by atoms with van der Waals surface area (Å²) in [5.74, 6) is -0.387. The maximum Gasteiger partial charge on any atom is 0.274 e. The first-order valence-electron chi connectivity index (χ1n) is 10.0. The van der Waals surface area contributed by atoms with Crippen LogP contribution in [-0.2, 0) is 24.3 Å². The van der Waals surface area contributed by atoms with Crippen molar-refractivity contribution in [3.05, 3.63) is 76.0 Å². The van der Waals surface area contributed by atoms with Gasteiger partial charge in [-0.2, -0.15) is 5.10 Å². The van der Waals surface area contributed by atoms with Crippen LogP contribution in [0.1, 0.15) is 18.2 Å². The molecule has 0 radical (unpaired) electrons. The van der Waals surface area contributed by atoms with E-state index in [1.807, 2.05) is 44.1 Å². The zero-order chi connectivity index (χ0) is 21.7. The summed E-state index contributed by atoms with van der Waals surface area (Å²) < 4.78 is 14.7. The molecular formula is C23H27FN4O2. The van der Waals surface area contributed by atoms with Crippen LogP contribution in [0.2, 0.25) is 0 Å². The molecule has 1 aromatic heterocycles. The maximum atomic E-state index is 13.3. The molecule has 0 N–H and O–H groups in total. The number of amides is 1. The van der Waals surface area contributed by atoms with Gasteiger partial charge in [0.25, 0.3) is 5.56 Å². The van der Waals surface area contributed by atoms with Crippen molar-refractivity contribution in [2.75, 3.05) is 27.2 Å². The van der Waals surface area contributed by atoms with Gasteiger partial charge < -0.3 is 9.80 Å². The van der Waals surface area contributed by atoms with E-state index in [4.69, 9.17) is 0 Å². The fraction of sp³-hybridized carbons (Fsp3) is 0.348. The van der Waals surface area contributed by atoms with Gasteiger partial charge in [0.05, 0.1) is 17.5 Å². The molecule has 30 heavy (non-hydrogen) atoms. The molecule has 3 rings (SSSR count). The molecule has 0 spiro atoms. The lowest BCUT2D eigenvalue weighted by Crippen LogP contribution is -2.37. The number of hydrogen-bond acceptors (Lipinski definition) is 4. The largest absolute Gasteiger partial charge is 0.337 e. The minimum atomic E-state index is -0.303. The minimum absolute atomic E-state index is 0.0832. The highest BCUT2D eigenvalue weighted by atomic mass is 19.1. The van der Waals surface area contributed by atoms with E-state index in [0.717, 1.165) is 5.56 Å². The van der Waals surface area contributed by atoms with Gasteiger partial charge in [-0.15, -0.1) is 0 Å². The molecule has 6 nitrogen and oxygen atoms in total. The van der Waals surface area contributed by atoms with Crippen molar-refractivity contribution in [3.8, 4) is 0 Å². The van der Waals surface area contributed by atoms with Gasteiger partial charge in [0, 0.05) is 31.6 Å². The van der Waals surface area contributed by atoms with Crippen LogP contribution in [0.3, 0.4) is 0 Å². The molecule has 0 fully saturated rings. The van der Waals surface area contributed by atoms with Gasteiger partial charge in [0.15, 0.2) is 0 Å². The third kappa shape index (κ3) is 5.10. The fourth-order valence-corrected chi connectivity index (χ4v) is 3.33. The number of nitrogens with zero attached hydrogens (tertiary/aromatic N) is 4. The quantitative estimate of drug-likeness (QED) is 0.573. The molecule has 0 bridgehead atoms. The van der Waals surface area contributed by atoms with Crippen molar-refractivity contribution in [1.29, 1.82) is 0 Å². The van der Waals surface area contributed by atoms with E-state index in [-0.39, 0.29) is 23.7 Å². The van der Waals surface area contributed by atoms with Crippen LogP contribution in [0.4, 0.5) is 4.39 Å². The van der Waals surface area contributed by atoms with Crippen LogP contribution in [0.25, 0.3) is 10.8 Å². The molecule has 3 aromatic rings. The first kappa shape index (κ1) is 21.6. The Balaban J connectivity index is 1.90. The second-order valence-electron chi connectivity index (χ2n) is 7.54. The van der Waals surface area contributed by atoms with Crippen LogP contribution in [0.5, 0.6) is 0 Å². The Hall–Kier alpha value is -3.06. The van der Waals surface area contributed by atoms with E-state index in [0.29, 0.717) is 42.6 Å². The molecule has 0 aliphatic rings. The molecule has 1 heterocycles. The number of fused-ring (bicyclic) bond motifs is 1. The van der Waals surface area contributed by atoms with Crippen molar-refractivity contribution >= 4 is 16.7 Å². The number of rotatable bonds is 8. The third-order valence-corrected chi connectivity index (χ3v) is 5.02. The lowest BCUT2D eigenvalue weighted by molar-refractivity contribution is -0.131. The standard InChI is InChI=1S/C23H27FN4O2/c1-4-28-23(30)20-8-6-5-7-19(20)21(25-28)15-22(29)27(14-13-26(2)3)16-17-9-11-18(24)12-10-17/h5-12H,4,13-16H2,1-3H3. The van der Waals surface area contributed by atoms with Crippen molar-refractivity contribution in [1.82, 2.24) is 19.6 Å². The minimum Gasteiger partial charge on any atom is -0.337 e.